The standard InChI is InChI=1S/C11H15N5OS/c1-2-4-12-10-13-5-3-9(16-10)14-6-8-7-18-11(17)15-8/h3,5,7H,2,4,6H2,1H3,(H,15,17)(H2,12,13,14,16). The van der Waals surface area contributed by atoms with E-state index < -0.39 is 0 Å². The molecule has 0 aromatic carbocycles. The quantitative estimate of drug-likeness (QED) is 0.740. The van der Waals surface area contributed by atoms with Crippen molar-refractivity contribution >= 4 is 23.1 Å². The first-order valence-electron chi connectivity index (χ1n) is 5.75. The molecule has 0 saturated carbocycles. The summed E-state index contributed by atoms with van der Waals surface area (Å²) in [4.78, 5) is 22.1. The van der Waals surface area contributed by atoms with Gasteiger partial charge < -0.3 is 15.6 Å². The molecule has 0 amide bonds. The molecular weight excluding hydrogens is 250 g/mol. The minimum atomic E-state index is -0.0419. The zero-order chi connectivity index (χ0) is 12.8. The summed E-state index contributed by atoms with van der Waals surface area (Å²) in [5, 5.41) is 8.05. The molecule has 0 unspecified atom stereocenters. The first-order chi connectivity index (χ1) is 8.78. The van der Waals surface area contributed by atoms with Crippen LogP contribution in [-0.2, 0) is 6.54 Å². The fraction of sp³-hybridized carbons (Fsp3) is 0.364. The zero-order valence-corrected chi connectivity index (χ0v) is 10.9. The molecule has 0 fully saturated rings. The van der Waals surface area contributed by atoms with E-state index in [9.17, 15) is 4.79 Å². The van der Waals surface area contributed by atoms with Gasteiger partial charge >= 0.3 is 4.87 Å². The molecule has 2 aromatic heterocycles. The number of thiazole rings is 1. The first-order valence-corrected chi connectivity index (χ1v) is 6.63. The second-order valence-electron chi connectivity index (χ2n) is 3.72. The minimum Gasteiger partial charge on any atom is -0.364 e. The van der Waals surface area contributed by atoms with Gasteiger partial charge in [0.1, 0.15) is 5.82 Å². The van der Waals surface area contributed by atoms with Gasteiger partial charge in [0.05, 0.1) is 6.54 Å². The van der Waals surface area contributed by atoms with Crippen LogP contribution in [0.3, 0.4) is 0 Å². The van der Waals surface area contributed by atoms with Gasteiger partial charge in [0.15, 0.2) is 0 Å². The third-order valence-electron chi connectivity index (χ3n) is 2.22. The Hall–Kier alpha value is -1.89. The van der Waals surface area contributed by atoms with Crippen molar-refractivity contribution in [2.24, 2.45) is 0 Å². The molecule has 0 saturated heterocycles. The maximum Gasteiger partial charge on any atom is 0.304 e. The third-order valence-corrected chi connectivity index (χ3v) is 2.94. The lowest BCUT2D eigenvalue weighted by molar-refractivity contribution is 0.948. The molecule has 2 aromatic rings. The Labute approximate surface area is 109 Å². The average molecular weight is 265 g/mol. The summed E-state index contributed by atoms with van der Waals surface area (Å²) in [5.41, 5.74) is 0.853. The van der Waals surface area contributed by atoms with Gasteiger partial charge in [-0.25, -0.2) is 4.98 Å². The number of H-pyrrole nitrogens is 1. The van der Waals surface area contributed by atoms with Crippen molar-refractivity contribution in [2.45, 2.75) is 19.9 Å². The van der Waals surface area contributed by atoms with Crippen LogP contribution in [0, 0.1) is 0 Å². The molecule has 0 aliphatic rings. The van der Waals surface area contributed by atoms with Gasteiger partial charge in [-0.3, -0.25) is 4.79 Å². The molecule has 2 rings (SSSR count). The summed E-state index contributed by atoms with van der Waals surface area (Å²) >= 11 is 1.16. The number of hydrogen-bond donors (Lipinski definition) is 3. The molecule has 18 heavy (non-hydrogen) atoms. The second kappa shape index (κ2) is 6.15. The Morgan fingerprint density at radius 1 is 1.44 bits per heavy atom. The molecule has 6 nitrogen and oxygen atoms in total. The van der Waals surface area contributed by atoms with Crippen LogP contribution in [0.25, 0.3) is 0 Å². The predicted octanol–water partition coefficient (Wildman–Crippen LogP) is 1.66. The molecule has 0 bridgehead atoms. The van der Waals surface area contributed by atoms with E-state index in [-0.39, 0.29) is 4.87 Å². The van der Waals surface area contributed by atoms with Crippen LogP contribution in [0.2, 0.25) is 0 Å². The Morgan fingerprint density at radius 2 is 2.33 bits per heavy atom. The Bertz CT molecular complexity index is 550. The summed E-state index contributed by atoms with van der Waals surface area (Å²) in [5.74, 6) is 1.34. The number of aromatic amines is 1. The van der Waals surface area contributed by atoms with Crippen molar-refractivity contribution in [2.75, 3.05) is 17.2 Å². The van der Waals surface area contributed by atoms with E-state index in [0.717, 1.165) is 35.8 Å². The highest BCUT2D eigenvalue weighted by Crippen LogP contribution is 2.07. The molecule has 0 spiro atoms. The maximum absolute atomic E-state index is 11.0. The Kier molecular flexibility index (Phi) is 4.30. The lowest BCUT2D eigenvalue weighted by atomic mass is 10.4. The van der Waals surface area contributed by atoms with Crippen LogP contribution in [-0.4, -0.2) is 21.5 Å². The van der Waals surface area contributed by atoms with E-state index in [1.165, 1.54) is 0 Å². The SMILES string of the molecule is CCCNc1nccc(NCc2csc(=O)[nH]2)n1. The lowest BCUT2D eigenvalue weighted by Gasteiger charge is -2.06. The van der Waals surface area contributed by atoms with E-state index in [0.29, 0.717) is 12.5 Å². The number of nitrogens with one attached hydrogen (secondary N) is 3. The predicted molar refractivity (Wildman–Crippen MR) is 73.1 cm³/mol. The minimum absolute atomic E-state index is 0.0419. The topological polar surface area (TPSA) is 82.7 Å². The van der Waals surface area contributed by atoms with Crippen LogP contribution < -0.4 is 15.5 Å². The molecule has 3 N–H and O–H groups in total. The van der Waals surface area contributed by atoms with Gasteiger partial charge in [0, 0.05) is 23.8 Å². The number of anilines is 2. The second-order valence-corrected chi connectivity index (χ2v) is 4.56. The largest absolute Gasteiger partial charge is 0.364 e. The van der Waals surface area contributed by atoms with E-state index in [2.05, 4.69) is 32.5 Å². The van der Waals surface area contributed by atoms with Crippen molar-refractivity contribution in [1.29, 1.82) is 0 Å². The Balaban J connectivity index is 1.94. The summed E-state index contributed by atoms with van der Waals surface area (Å²) in [6.45, 7) is 3.48. The van der Waals surface area contributed by atoms with Gasteiger partial charge in [0.25, 0.3) is 0 Å². The van der Waals surface area contributed by atoms with E-state index in [4.69, 9.17) is 0 Å². The van der Waals surface area contributed by atoms with Gasteiger partial charge in [0.2, 0.25) is 5.95 Å². The highest BCUT2D eigenvalue weighted by Gasteiger charge is 2.00. The van der Waals surface area contributed by atoms with Gasteiger partial charge in [-0.2, -0.15) is 4.98 Å². The van der Waals surface area contributed by atoms with Crippen LogP contribution in [0.4, 0.5) is 11.8 Å². The molecule has 7 heteroatoms. The van der Waals surface area contributed by atoms with Gasteiger partial charge in [-0.15, -0.1) is 0 Å². The first kappa shape index (κ1) is 12.6. The smallest absolute Gasteiger partial charge is 0.304 e. The van der Waals surface area contributed by atoms with Crippen LogP contribution in [0.5, 0.6) is 0 Å². The fourth-order valence-electron chi connectivity index (χ4n) is 1.37. The molecule has 0 aliphatic carbocycles. The summed E-state index contributed by atoms with van der Waals surface area (Å²) in [7, 11) is 0. The van der Waals surface area contributed by atoms with Crippen LogP contribution in [0.1, 0.15) is 19.0 Å². The number of nitrogens with zero attached hydrogens (tertiary/aromatic N) is 2. The Morgan fingerprint density at radius 3 is 3.06 bits per heavy atom. The molecule has 0 aliphatic heterocycles. The highest BCUT2D eigenvalue weighted by molar-refractivity contribution is 7.07. The van der Waals surface area contributed by atoms with Crippen LogP contribution >= 0.6 is 11.3 Å². The highest BCUT2D eigenvalue weighted by atomic mass is 32.1. The summed E-state index contributed by atoms with van der Waals surface area (Å²) in [6, 6.07) is 1.79. The van der Waals surface area contributed by atoms with Crippen LogP contribution in [0.15, 0.2) is 22.4 Å². The lowest BCUT2D eigenvalue weighted by Crippen LogP contribution is -2.08. The number of hydrogen-bond acceptors (Lipinski definition) is 6. The van der Waals surface area contributed by atoms with E-state index >= 15 is 0 Å². The monoisotopic (exact) mass is 265 g/mol. The van der Waals surface area contributed by atoms with Crippen molar-refractivity contribution < 1.29 is 0 Å². The zero-order valence-electron chi connectivity index (χ0n) is 10.1. The fourth-order valence-corrected chi connectivity index (χ4v) is 1.95. The summed E-state index contributed by atoms with van der Waals surface area (Å²) in [6.07, 6.45) is 2.72. The third kappa shape index (κ3) is 3.56. The molecule has 0 radical (unpaired) electrons. The van der Waals surface area contributed by atoms with Crippen molar-refractivity contribution in [3.8, 4) is 0 Å². The number of aromatic nitrogens is 3. The van der Waals surface area contributed by atoms with Crippen molar-refractivity contribution in [3.63, 3.8) is 0 Å². The van der Waals surface area contributed by atoms with Gasteiger partial charge in [-0.1, -0.05) is 18.3 Å². The van der Waals surface area contributed by atoms with Crippen molar-refractivity contribution in [1.82, 2.24) is 15.0 Å². The molecular formula is C11H15N5OS. The average Bonchev–Trinajstić information content (AvgIpc) is 2.80. The summed E-state index contributed by atoms with van der Waals surface area (Å²) < 4.78 is 0. The van der Waals surface area contributed by atoms with E-state index in [1.54, 1.807) is 17.6 Å². The van der Waals surface area contributed by atoms with Gasteiger partial charge in [-0.05, 0) is 12.5 Å². The molecule has 0 atom stereocenters. The maximum atomic E-state index is 11.0. The normalized spacial score (nSPS) is 10.3. The van der Waals surface area contributed by atoms with E-state index in [1.807, 2.05) is 0 Å². The van der Waals surface area contributed by atoms with Crippen molar-refractivity contribution in [3.05, 3.63) is 33.0 Å². The number of rotatable bonds is 6. The molecule has 2 heterocycles. The molecule has 96 valence electrons.